The first-order valence-electron chi connectivity index (χ1n) is 16.8. The van der Waals surface area contributed by atoms with Crippen molar-refractivity contribution in [3.05, 3.63) is 132 Å². The second-order valence-corrected chi connectivity index (χ2v) is 12.2. The maximum absolute atomic E-state index is 14.2. The van der Waals surface area contributed by atoms with Gasteiger partial charge in [0.2, 0.25) is 0 Å². The Bertz CT molecular complexity index is 2530. The third kappa shape index (κ3) is 6.90. The first kappa shape index (κ1) is 34.5. The number of nitrogens with zero attached hydrogens (tertiary/aromatic N) is 2. The number of hydrogen-bond acceptors (Lipinski definition) is 8. The largest absolute Gasteiger partial charge is 0.493 e. The molecule has 0 saturated heterocycles. The summed E-state index contributed by atoms with van der Waals surface area (Å²) >= 11 is 0. The first-order chi connectivity index (χ1) is 25.8. The van der Waals surface area contributed by atoms with E-state index in [4.69, 9.17) is 28.9 Å². The van der Waals surface area contributed by atoms with E-state index in [1.165, 1.54) is 0 Å². The minimum Gasteiger partial charge on any atom is -0.493 e. The molecule has 0 atom stereocenters. The standard InChI is InChI=1S/C43H36N4O6/c1-25-14-17-34(46-42(48)30-23-35(44-32-12-8-6-10-28(30)32)26-15-18-38(50-2)40(21-26)52-4)37(20-25)47-43(49)31-24-36(45-33-13-9-7-11-29(31)33)27-16-19-39(51-3)41(22-27)53-5/h6-24H,1-5H3,(H,46,48)(H,47,49). The molecular weight excluding hydrogens is 668 g/mol. The topological polar surface area (TPSA) is 121 Å². The normalized spacial score (nSPS) is 10.9. The van der Waals surface area contributed by atoms with Crippen LogP contribution in [0.4, 0.5) is 11.4 Å². The molecule has 0 aliphatic heterocycles. The van der Waals surface area contributed by atoms with Crippen LogP contribution in [0.3, 0.4) is 0 Å². The van der Waals surface area contributed by atoms with E-state index in [2.05, 4.69) is 10.6 Å². The molecule has 0 bridgehead atoms. The maximum atomic E-state index is 14.2. The van der Waals surface area contributed by atoms with Crippen molar-refractivity contribution in [2.75, 3.05) is 39.1 Å². The molecule has 0 saturated carbocycles. The molecule has 0 aliphatic carbocycles. The van der Waals surface area contributed by atoms with Gasteiger partial charge < -0.3 is 29.6 Å². The lowest BCUT2D eigenvalue weighted by atomic mass is 10.0. The molecule has 0 aliphatic rings. The molecule has 10 heteroatoms. The first-order valence-corrected chi connectivity index (χ1v) is 16.8. The summed E-state index contributed by atoms with van der Waals surface area (Å²) in [5.74, 6) is 1.53. The van der Waals surface area contributed by atoms with Gasteiger partial charge in [-0.1, -0.05) is 42.5 Å². The Balaban J connectivity index is 1.24. The van der Waals surface area contributed by atoms with Crippen molar-refractivity contribution in [3.8, 4) is 45.5 Å². The lowest BCUT2D eigenvalue weighted by molar-refractivity contribution is 0.101. The van der Waals surface area contributed by atoms with Crippen molar-refractivity contribution in [2.24, 2.45) is 0 Å². The van der Waals surface area contributed by atoms with Gasteiger partial charge >= 0.3 is 0 Å². The highest BCUT2D eigenvalue weighted by Gasteiger charge is 2.20. The van der Waals surface area contributed by atoms with Gasteiger partial charge in [0.25, 0.3) is 11.8 Å². The Morgan fingerprint density at radius 1 is 0.491 bits per heavy atom. The highest BCUT2D eigenvalue weighted by molar-refractivity contribution is 6.17. The van der Waals surface area contributed by atoms with Crippen molar-refractivity contribution in [1.82, 2.24) is 9.97 Å². The summed E-state index contributed by atoms with van der Waals surface area (Å²) in [5.41, 5.74) is 6.58. The summed E-state index contributed by atoms with van der Waals surface area (Å²) in [6.07, 6.45) is 0. The lowest BCUT2D eigenvalue weighted by Gasteiger charge is -2.16. The Morgan fingerprint density at radius 3 is 1.42 bits per heavy atom. The van der Waals surface area contributed by atoms with Gasteiger partial charge in [-0.3, -0.25) is 9.59 Å². The second kappa shape index (κ2) is 14.7. The molecule has 0 spiro atoms. The number of nitrogens with one attached hydrogen (secondary N) is 2. The highest BCUT2D eigenvalue weighted by Crippen LogP contribution is 2.36. The molecule has 2 aromatic heterocycles. The molecule has 264 valence electrons. The van der Waals surface area contributed by atoms with E-state index in [9.17, 15) is 9.59 Å². The van der Waals surface area contributed by atoms with Gasteiger partial charge in [-0.25, -0.2) is 9.97 Å². The van der Waals surface area contributed by atoms with E-state index in [1.54, 1.807) is 58.8 Å². The van der Waals surface area contributed by atoms with E-state index in [1.807, 2.05) is 91.9 Å². The lowest BCUT2D eigenvalue weighted by Crippen LogP contribution is -2.18. The number of para-hydroxylation sites is 2. The Hall–Kier alpha value is -6.94. The van der Waals surface area contributed by atoms with Crippen LogP contribution >= 0.6 is 0 Å². The van der Waals surface area contributed by atoms with E-state index in [0.717, 1.165) is 16.7 Å². The SMILES string of the molecule is COc1ccc(-c2cc(C(=O)Nc3ccc(C)cc3NC(=O)c3cc(-c4ccc(OC)c(OC)c4)nc4ccccc34)c3ccccc3n2)cc1OC. The number of fused-ring (bicyclic) bond motifs is 2. The fourth-order valence-corrected chi connectivity index (χ4v) is 6.26. The minimum atomic E-state index is -0.366. The molecule has 10 nitrogen and oxygen atoms in total. The zero-order chi connectivity index (χ0) is 37.1. The average Bonchev–Trinajstić information content (AvgIpc) is 3.20. The smallest absolute Gasteiger partial charge is 0.256 e. The number of aryl methyl sites for hydroxylation is 1. The quantitative estimate of drug-likeness (QED) is 0.145. The number of ether oxygens (including phenoxy) is 4. The molecule has 53 heavy (non-hydrogen) atoms. The number of carbonyl (C=O) groups excluding carboxylic acids is 2. The monoisotopic (exact) mass is 704 g/mol. The molecule has 0 radical (unpaired) electrons. The molecule has 7 aromatic rings. The average molecular weight is 705 g/mol. The van der Waals surface area contributed by atoms with Crippen LogP contribution in [-0.4, -0.2) is 50.2 Å². The molecule has 2 amide bonds. The fourth-order valence-electron chi connectivity index (χ4n) is 6.26. The van der Waals surface area contributed by atoms with E-state index >= 15 is 0 Å². The van der Waals surface area contributed by atoms with Gasteiger partial charge in [0.15, 0.2) is 23.0 Å². The van der Waals surface area contributed by atoms with E-state index in [0.29, 0.717) is 78.7 Å². The maximum Gasteiger partial charge on any atom is 0.256 e. The zero-order valence-electron chi connectivity index (χ0n) is 29.8. The number of aromatic nitrogens is 2. The predicted molar refractivity (Wildman–Crippen MR) is 208 cm³/mol. The fraction of sp³-hybridized carbons (Fsp3) is 0.116. The number of carbonyl (C=O) groups is 2. The van der Waals surface area contributed by atoms with Crippen molar-refractivity contribution >= 4 is 45.0 Å². The number of benzene rings is 5. The molecule has 2 N–H and O–H groups in total. The molecule has 0 unspecified atom stereocenters. The summed E-state index contributed by atoms with van der Waals surface area (Å²) in [7, 11) is 6.29. The van der Waals surface area contributed by atoms with Gasteiger partial charge in [-0.15, -0.1) is 0 Å². The second-order valence-electron chi connectivity index (χ2n) is 12.2. The molecule has 5 aromatic carbocycles. The zero-order valence-corrected chi connectivity index (χ0v) is 29.8. The van der Waals surface area contributed by atoms with Crippen molar-refractivity contribution in [3.63, 3.8) is 0 Å². The number of rotatable bonds is 10. The summed E-state index contributed by atoms with van der Waals surface area (Å²) in [6.45, 7) is 1.92. The third-order valence-corrected chi connectivity index (χ3v) is 8.95. The third-order valence-electron chi connectivity index (χ3n) is 8.95. The Morgan fingerprint density at radius 2 is 0.943 bits per heavy atom. The number of methoxy groups -OCH3 is 4. The molecule has 2 heterocycles. The minimum absolute atomic E-state index is 0.364. The molecular formula is C43H36N4O6. The van der Waals surface area contributed by atoms with E-state index in [-0.39, 0.29) is 11.8 Å². The number of anilines is 2. The van der Waals surface area contributed by atoms with Crippen LogP contribution in [0, 0.1) is 6.92 Å². The van der Waals surface area contributed by atoms with Gasteiger partial charge in [0.1, 0.15) is 0 Å². The predicted octanol–water partition coefficient (Wildman–Crippen LogP) is 8.96. The summed E-state index contributed by atoms with van der Waals surface area (Å²) in [6, 6.07) is 34.9. The number of amides is 2. The van der Waals surface area contributed by atoms with Crippen LogP contribution in [0.1, 0.15) is 26.3 Å². The van der Waals surface area contributed by atoms with Crippen LogP contribution in [-0.2, 0) is 0 Å². The van der Waals surface area contributed by atoms with Gasteiger partial charge in [-0.05, 0) is 85.3 Å². The Kier molecular flexibility index (Phi) is 9.59. The highest BCUT2D eigenvalue weighted by atomic mass is 16.5. The van der Waals surface area contributed by atoms with Gasteiger partial charge in [0, 0.05) is 21.9 Å². The summed E-state index contributed by atoms with van der Waals surface area (Å²) in [4.78, 5) is 38.1. The van der Waals surface area contributed by atoms with Gasteiger partial charge in [-0.2, -0.15) is 0 Å². The van der Waals surface area contributed by atoms with Crippen molar-refractivity contribution in [1.29, 1.82) is 0 Å². The Labute approximate surface area is 306 Å². The summed E-state index contributed by atoms with van der Waals surface area (Å²) in [5, 5.41) is 7.48. The molecule has 0 fully saturated rings. The van der Waals surface area contributed by atoms with Crippen LogP contribution < -0.4 is 29.6 Å². The molecule has 7 rings (SSSR count). The van der Waals surface area contributed by atoms with Crippen molar-refractivity contribution in [2.45, 2.75) is 6.92 Å². The van der Waals surface area contributed by atoms with Gasteiger partial charge in [0.05, 0.1) is 73.4 Å². The van der Waals surface area contributed by atoms with Crippen LogP contribution in [0.5, 0.6) is 23.0 Å². The van der Waals surface area contributed by atoms with E-state index < -0.39 is 0 Å². The van der Waals surface area contributed by atoms with Crippen LogP contribution in [0.15, 0.2) is 115 Å². The van der Waals surface area contributed by atoms with Crippen LogP contribution in [0.2, 0.25) is 0 Å². The number of hydrogen-bond donors (Lipinski definition) is 2. The van der Waals surface area contributed by atoms with Crippen LogP contribution in [0.25, 0.3) is 44.3 Å². The summed E-state index contributed by atoms with van der Waals surface area (Å²) < 4.78 is 21.9. The van der Waals surface area contributed by atoms with Crippen molar-refractivity contribution < 1.29 is 28.5 Å². The number of pyridine rings is 2.